The first kappa shape index (κ1) is 24.8. The van der Waals surface area contributed by atoms with Gasteiger partial charge >= 0.3 is 0 Å². The lowest BCUT2D eigenvalue weighted by molar-refractivity contribution is -0.922. The Morgan fingerprint density at radius 1 is 1.06 bits per heavy atom. The van der Waals surface area contributed by atoms with Crippen LogP contribution in [0.15, 0.2) is 66.7 Å². The van der Waals surface area contributed by atoms with Gasteiger partial charge in [-0.05, 0) is 59.9 Å². The predicted molar refractivity (Wildman–Crippen MR) is 147 cm³/mol. The summed E-state index contributed by atoms with van der Waals surface area (Å²) in [7, 11) is 4.20. The van der Waals surface area contributed by atoms with Crippen LogP contribution in [-0.2, 0) is 5.41 Å². The third-order valence-corrected chi connectivity index (χ3v) is 8.81. The number of quaternary nitrogens is 1. The van der Waals surface area contributed by atoms with Crippen molar-refractivity contribution in [1.82, 2.24) is 5.32 Å². The molecule has 2 fully saturated rings. The second-order valence-corrected chi connectivity index (χ2v) is 12.0. The molecule has 1 saturated carbocycles. The minimum atomic E-state index is 0.0428. The average molecular weight is 486 g/mol. The lowest BCUT2D eigenvalue weighted by Gasteiger charge is -2.55. The summed E-state index contributed by atoms with van der Waals surface area (Å²) in [6, 6.07) is 23.1. The van der Waals surface area contributed by atoms with Crippen LogP contribution in [0.2, 0.25) is 0 Å². The fraction of sp³-hybridized carbons (Fsp3) is 0.469. The van der Waals surface area contributed by atoms with E-state index < -0.39 is 0 Å². The Hall–Kier alpha value is -2.85. The zero-order chi connectivity index (χ0) is 25.3. The molecule has 1 saturated heterocycles. The smallest absolute Gasteiger partial charge is 0.251 e. The largest absolute Gasteiger partial charge is 0.497 e. The van der Waals surface area contributed by atoms with Crippen LogP contribution >= 0.6 is 0 Å². The molecule has 190 valence electrons. The number of likely N-dealkylation sites (tertiary alicyclic amines) is 1. The summed E-state index contributed by atoms with van der Waals surface area (Å²) in [5, 5.41) is 5.70. The van der Waals surface area contributed by atoms with Crippen molar-refractivity contribution in [2.45, 2.75) is 51.0 Å². The van der Waals surface area contributed by atoms with Gasteiger partial charge < -0.3 is 14.5 Å². The number of hydrogen-bond donors (Lipinski definition) is 1. The van der Waals surface area contributed by atoms with Crippen LogP contribution in [0.3, 0.4) is 0 Å². The van der Waals surface area contributed by atoms with E-state index in [1.807, 2.05) is 36.4 Å². The molecule has 0 aromatic heterocycles. The highest BCUT2D eigenvalue weighted by Crippen LogP contribution is 2.51. The molecule has 5 rings (SSSR count). The molecule has 2 aliphatic rings. The standard InChI is InChI=1S/C32H40N2O2/c1-23(2)21-34(3)17-16-32(27-10-7-11-30(19-27)36-4)20-29(15-14-28(32)22-34)33-31(35)26-13-12-24-8-5-6-9-25(24)18-26/h5-13,18-19,23,28-29H,14-17,20-22H2,1-4H3/p+1/t28?,29-,32-,34+/m1/s1. The van der Waals surface area contributed by atoms with Crippen LogP contribution in [-0.4, -0.2) is 50.2 Å². The van der Waals surface area contributed by atoms with Gasteiger partial charge in [-0.1, -0.05) is 56.3 Å². The minimum absolute atomic E-state index is 0.0428. The predicted octanol–water partition coefficient (Wildman–Crippen LogP) is 6.19. The van der Waals surface area contributed by atoms with Crippen LogP contribution in [0.4, 0.5) is 0 Å². The summed E-state index contributed by atoms with van der Waals surface area (Å²) in [5.41, 5.74) is 2.20. The normalized spacial score (nSPS) is 28.0. The number of piperidine rings is 1. The fourth-order valence-corrected chi connectivity index (χ4v) is 7.25. The molecule has 0 spiro atoms. The third kappa shape index (κ3) is 4.88. The van der Waals surface area contributed by atoms with E-state index in [0.717, 1.165) is 52.3 Å². The number of benzene rings is 3. The van der Waals surface area contributed by atoms with Gasteiger partial charge in [0, 0.05) is 35.3 Å². The second kappa shape index (κ2) is 9.89. The number of nitrogens with zero attached hydrogens (tertiary/aromatic N) is 1. The Balaban J connectivity index is 1.41. The Morgan fingerprint density at radius 3 is 2.64 bits per heavy atom. The van der Waals surface area contributed by atoms with Gasteiger partial charge in [-0.15, -0.1) is 0 Å². The highest BCUT2D eigenvalue weighted by atomic mass is 16.5. The van der Waals surface area contributed by atoms with Crippen molar-refractivity contribution in [2.75, 3.05) is 33.8 Å². The molecule has 1 unspecified atom stereocenters. The van der Waals surface area contributed by atoms with E-state index in [-0.39, 0.29) is 17.4 Å². The maximum absolute atomic E-state index is 13.3. The number of carbonyl (C=O) groups is 1. The SMILES string of the molecule is COc1cccc([C@]23CC[N@@+](C)(CC(C)C)CC2CC[C@@H](NC(=O)c2ccc4ccccc4c2)C3)c1. The van der Waals surface area contributed by atoms with E-state index >= 15 is 0 Å². The number of hydrogen-bond acceptors (Lipinski definition) is 2. The van der Waals surface area contributed by atoms with E-state index in [1.165, 1.54) is 25.2 Å². The number of carbonyl (C=O) groups excluding carboxylic acids is 1. The van der Waals surface area contributed by atoms with Gasteiger partial charge in [0.2, 0.25) is 0 Å². The van der Waals surface area contributed by atoms with Crippen LogP contribution in [0.1, 0.15) is 55.5 Å². The van der Waals surface area contributed by atoms with Crippen LogP contribution < -0.4 is 10.1 Å². The summed E-state index contributed by atoms with van der Waals surface area (Å²) < 4.78 is 6.78. The van der Waals surface area contributed by atoms with Crippen LogP contribution in [0, 0.1) is 11.8 Å². The molecule has 0 radical (unpaired) electrons. The van der Waals surface area contributed by atoms with Crippen molar-refractivity contribution in [1.29, 1.82) is 0 Å². The van der Waals surface area contributed by atoms with Crippen molar-refractivity contribution >= 4 is 16.7 Å². The van der Waals surface area contributed by atoms with E-state index in [1.54, 1.807) is 7.11 Å². The summed E-state index contributed by atoms with van der Waals surface area (Å²) in [5.74, 6) is 2.27. The summed E-state index contributed by atoms with van der Waals surface area (Å²) in [4.78, 5) is 13.3. The quantitative estimate of drug-likeness (QED) is 0.423. The molecule has 1 aliphatic carbocycles. The molecule has 3 aromatic carbocycles. The molecule has 36 heavy (non-hydrogen) atoms. The molecule has 4 atom stereocenters. The molecule has 1 N–H and O–H groups in total. The molecule has 4 heteroatoms. The number of amides is 1. The highest BCUT2D eigenvalue weighted by Gasteiger charge is 2.52. The zero-order valence-corrected chi connectivity index (χ0v) is 22.3. The van der Waals surface area contributed by atoms with Crippen molar-refractivity contribution in [3.8, 4) is 5.75 Å². The van der Waals surface area contributed by atoms with Gasteiger partial charge in [-0.25, -0.2) is 0 Å². The van der Waals surface area contributed by atoms with Crippen LogP contribution in [0.25, 0.3) is 10.8 Å². The van der Waals surface area contributed by atoms with Gasteiger partial charge in [0.15, 0.2) is 0 Å². The number of rotatable bonds is 6. The third-order valence-electron chi connectivity index (χ3n) is 8.81. The maximum atomic E-state index is 13.3. The van der Waals surface area contributed by atoms with Gasteiger partial charge in [-0.3, -0.25) is 4.79 Å². The first-order chi connectivity index (χ1) is 17.3. The van der Waals surface area contributed by atoms with Crippen molar-refractivity contribution in [3.05, 3.63) is 77.9 Å². The van der Waals surface area contributed by atoms with Crippen molar-refractivity contribution in [2.24, 2.45) is 11.8 Å². The van der Waals surface area contributed by atoms with Gasteiger partial charge in [0.05, 0.1) is 33.8 Å². The molecule has 0 bridgehead atoms. The Kier molecular flexibility index (Phi) is 6.82. The van der Waals surface area contributed by atoms with Crippen molar-refractivity contribution in [3.63, 3.8) is 0 Å². The number of nitrogens with one attached hydrogen (secondary N) is 1. The van der Waals surface area contributed by atoms with Gasteiger partial charge in [0.25, 0.3) is 5.91 Å². The first-order valence-corrected chi connectivity index (χ1v) is 13.6. The number of ether oxygens (including phenoxy) is 1. The summed E-state index contributed by atoms with van der Waals surface area (Å²) >= 11 is 0. The Labute approximate surface area is 216 Å². The second-order valence-electron chi connectivity index (χ2n) is 12.0. The lowest BCUT2D eigenvalue weighted by Crippen LogP contribution is -2.62. The molecule has 1 amide bonds. The topological polar surface area (TPSA) is 38.3 Å². The van der Waals surface area contributed by atoms with E-state index in [0.29, 0.717) is 11.8 Å². The monoisotopic (exact) mass is 485 g/mol. The molecular weight excluding hydrogens is 444 g/mol. The van der Waals surface area contributed by atoms with E-state index in [9.17, 15) is 4.79 Å². The summed E-state index contributed by atoms with van der Waals surface area (Å²) in [6.45, 7) is 8.30. The number of methoxy groups -OCH3 is 1. The molecule has 4 nitrogen and oxygen atoms in total. The Bertz CT molecular complexity index is 1240. The summed E-state index contributed by atoms with van der Waals surface area (Å²) in [6.07, 6.45) is 4.32. The van der Waals surface area contributed by atoms with Gasteiger partial charge in [0.1, 0.15) is 5.75 Å². The first-order valence-electron chi connectivity index (χ1n) is 13.6. The fourth-order valence-electron chi connectivity index (χ4n) is 7.25. The van der Waals surface area contributed by atoms with Crippen molar-refractivity contribution < 1.29 is 14.0 Å². The highest BCUT2D eigenvalue weighted by molar-refractivity contribution is 5.98. The zero-order valence-electron chi connectivity index (χ0n) is 22.3. The number of fused-ring (bicyclic) bond motifs is 2. The van der Waals surface area contributed by atoms with Gasteiger partial charge in [-0.2, -0.15) is 0 Å². The Morgan fingerprint density at radius 2 is 1.86 bits per heavy atom. The van der Waals surface area contributed by atoms with E-state index in [4.69, 9.17) is 4.74 Å². The van der Waals surface area contributed by atoms with Crippen LogP contribution in [0.5, 0.6) is 5.75 Å². The van der Waals surface area contributed by atoms with E-state index in [2.05, 4.69) is 56.5 Å². The molecular formula is C32H41N2O2+. The molecule has 1 aliphatic heterocycles. The molecule has 1 heterocycles. The lowest BCUT2D eigenvalue weighted by atomic mass is 9.57. The minimum Gasteiger partial charge on any atom is -0.497 e. The molecule has 3 aromatic rings. The maximum Gasteiger partial charge on any atom is 0.251 e. The average Bonchev–Trinajstić information content (AvgIpc) is 2.88.